The van der Waals surface area contributed by atoms with E-state index in [1.165, 1.54) is 11.1 Å². The summed E-state index contributed by atoms with van der Waals surface area (Å²) in [5, 5.41) is 3.13. The lowest BCUT2D eigenvalue weighted by molar-refractivity contribution is -0.121. The first-order chi connectivity index (χ1) is 13.5. The molecule has 0 unspecified atom stereocenters. The molecule has 1 amide bonds. The molecule has 1 aliphatic rings. The zero-order valence-electron chi connectivity index (χ0n) is 16.7. The third-order valence-corrected chi connectivity index (χ3v) is 5.73. The van der Waals surface area contributed by atoms with E-state index in [2.05, 4.69) is 53.3 Å². The average Bonchev–Trinajstić information content (AvgIpc) is 3.13. The minimum Gasteiger partial charge on any atom is -0.354 e. The fourth-order valence-corrected chi connectivity index (χ4v) is 3.88. The molecule has 1 aromatic carbocycles. The summed E-state index contributed by atoms with van der Waals surface area (Å²) in [4.78, 5) is 19.4. The van der Waals surface area contributed by atoms with Crippen LogP contribution in [0.25, 0.3) is 5.65 Å². The Morgan fingerprint density at radius 2 is 1.93 bits per heavy atom. The SMILES string of the molecule is CC(C)(CNC(=O)CCc1cn2ccccc2n1)N1CCc2ccccc2C1. The zero-order chi connectivity index (χ0) is 19.6. The molecule has 0 fully saturated rings. The van der Waals surface area contributed by atoms with Crippen LogP contribution in [0.5, 0.6) is 0 Å². The molecular weight excluding hydrogens is 348 g/mol. The van der Waals surface area contributed by atoms with E-state index in [-0.39, 0.29) is 11.4 Å². The van der Waals surface area contributed by atoms with Crippen molar-refractivity contribution in [1.82, 2.24) is 19.6 Å². The second-order valence-corrected chi connectivity index (χ2v) is 8.23. The second kappa shape index (κ2) is 7.76. The third kappa shape index (κ3) is 4.09. The Morgan fingerprint density at radius 3 is 2.75 bits per heavy atom. The maximum Gasteiger partial charge on any atom is 0.220 e. The largest absolute Gasteiger partial charge is 0.354 e. The van der Waals surface area contributed by atoms with Crippen LogP contribution in [0.1, 0.15) is 37.1 Å². The van der Waals surface area contributed by atoms with Gasteiger partial charge in [-0.3, -0.25) is 9.69 Å². The Bertz CT molecular complexity index is 942. The van der Waals surface area contributed by atoms with Gasteiger partial charge in [0.05, 0.1) is 5.69 Å². The van der Waals surface area contributed by atoms with E-state index in [1.54, 1.807) is 0 Å². The van der Waals surface area contributed by atoms with E-state index in [0.29, 0.717) is 19.4 Å². The van der Waals surface area contributed by atoms with Gasteiger partial charge in [0.2, 0.25) is 5.91 Å². The number of imidazole rings is 1. The number of hydrogen-bond acceptors (Lipinski definition) is 3. The summed E-state index contributed by atoms with van der Waals surface area (Å²) < 4.78 is 1.99. The number of amides is 1. The minimum absolute atomic E-state index is 0.0771. The van der Waals surface area contributed by atoms with Crippen molar-refractivity contribution >= 4 is 11.6 Å². The summed E-state index contributed by atoms with van der Waals surface area (Å²) >= 11 is 0. The molecule has 0 aliphatic carbocycles. The fourth-order valence-electron chi connectivity index (χ4n) is 3.88. The Kier molecular flexibility index (Phi) is 5.18. The molecule has 5 nitrogen and oxygen atoms in total. The summed E-state index contributed by atoms with van der Waals surface area (Å²) in [6.45, 7) is 7.05. The second-order valence-electron chi connectivity index (χ2n) is 8.23. The van der Waals surface area contributed by atoms with E-state index in [4.69, 9.17) is 0 Å². The zero-order valence-corrected chi connectivity index (χ0v) is 16.7. The third-order valence-electron chi connectivity index (χ3n) is 5.73. The van der Waals surface area contributed by atoms with Crippen molar-refractivity contribution < 1.29 is 4.79 Å². The van der Waals surface area contributed by atoms with Gasteiger partial charge < -0.3 is 9.72 Å². The molecule has 0 saturated heterocycles. The maximum atomic E-state index is 12.4. The highest BCUT2D eigenvalue weighted by Gasteiger charge is 2.30. The predicted molar refractivity (Wildman–Crippen MR) is 111 cm³/mol. The number of nitrogens with one attached hydrogen (secondary N) is 1. The number of rotatable bonds is 6. The first-order valence-electron chi connectivity index (χ1n) is 10.0. The van der Waals surface area contributed by atoms with Crippen molar-refractivity contribution in [1.29, 1.82) is 0 Å². The van der Waals surface area contributed by atoms with Crippen LogP contribution < -0.4 is 5.32 Å². The first kappa shape index (κ1) is 18.7. The van der Waals surface area contributed by atoms with Gasteiger partial charge >= 0.3 is 0 Å². The minimum atomic E-state index is -0.0771. The van der Waals surface area contributed by atoms with Crippen molar-refractivity contribution in [2.24, 2.45) is 0 Å². The molecule has 0 saturated carbocycles. The Morgan fingerprint density at radius 1 is 1.14 bits per heavy atom. The summed E-state index contributed by atoms with van der Waals surface area (Å²) in [5.74, 6) is 0.0857. The van der Waals surface area contributed by atoms with Crippen molar-refractivity contribution in [3.8, 4) is 0 Å². The Hall–Kier alpha value is -2.66. The average molecular weight is 377 g/mol. The molecule has 0 radical (unpaired) electrons. The summed E-state index contributed by atoms with van der Waals surface area (Å²) in [6.07, 6.45) is 6.16. The summed E-state index contributed by atoms with van der Waals surface area (Å²) in [6, 6.07) is 14.6. The lowest BCUT2D eigenvalue weighted by Crippen LogP contribution is -2.53. The monoisotopic (exact) mass is 376 g/mol. The quantitative estimate of drug-likeness (QED) is 0.719. The van der Waals surface area contributed by atoms with E-state index < -0.39 is 0 Å². The molecule has 0 atom stereocenters. The molecule has 1 N–H and O–H groups in total. The Balaban J connectivity index is 1.29. The van der Waals surface area contributed by atoms with Gasteiger partial charge in [0.15, 0.2) is 0 Å². The smallest absolute Gasteiger partial charge is 0.220 e. The number of aryl methyl sites for hydroxylation is 1. The molecule has 0 spiro atoms. The summed E-state index contributed by atoms with van der Waals surface area (Å²) in [7, 11) is 0. The first-order valence-corrected chi connectivity index (χ1v) is 10.0. The van der Waals surface area contributed by atoms with Gasteiger partial charge in [-0.05, 0) is 49.9 Å². The van der Waals surface area contributed by atoms with Crippen LogP contribution in [0.3, 0.4) is 0 Å². The predicted octanol–water partition coefficient (Wildman–Crippen LogP) is 3.22. The van der Waals surface area contributed by atoms with Gasteiger partial charge in [-0.25, -0.2) is 4.98 Å². The topological polar surface area (TPSA) is 49.6 Å². The van der Waals surface area contributed by atoms with Gasteiger partial charge in [0, 0.05) is 44.0 Å². The molecule has 1 aliphatic heterocycles. The highest BCUT2D eigenvalue weighted by Crippen LogP contribution is 2.25. The lowest BCUT2D eigenvalue weighted by Gasteiger charge is -2.41. The number of benzene rings is 1. The van der Waals surface area contributed by atoms with Crippen LogP contribution in [0, 0.1) is 0 Å². The number of carbonyl (C=O) groups excluding carboxylic acids is 1. The van der Waals surface area contributed by atoms with Crippen LogP contribution in [-0.2, 0) is 24.2 Å². The van der Waals surface area contributed by atoms with E-state index in [1.807, 2.05) is 35.0 Å². The molecule has 146 valence electrons. The van der Waals surface area contributed by atoms with Crippen LogP contribution in [-0.4, -0.2) is 38.8 Å². The highest BCUT2D eigenvalue weighted by atomic mass is 16.1. The molecule has 2 aromatic heterocycles. The van der Waals surface area contributed by atoms with Gasteiger partial charge in [0.25, 0.3) is 0 Å². The number of carbonyl (C=O) groups is 1. The number of hydrogen-bond donors (Lipinski definition) is 1. The Labute approximate surface area is 166 Å². The molecule has 28 heavy (non-hydrogen) atoms. The maximum absolute atomic E-state index is 12.4. The van der Waals surface area contributed by atoms with Crippen molar-refractivity contribution in [3.05, 3.63) is 71.7 Å². The van der Waals surface area contributed by atoms with Gasteiger partial charge in [-0.1, -0.05) is 30.3 Å². The fraction of sp³-hybridized carbons (Fsp3) is 0.391. The van der Waals surface area contributed by atoms with Crippen LogP contribution in [0.4, 0.5) is 0 Å². The standard InChI is InChI=1S/C23H28N4O/c1-23(2,27-14-12-18-7-3-4-8-19(18)15-27)17-24-22(28)11-10-20-16-26-13-6-5-9-21(26)25-20/h3-9,13,16H,10-12,14-15,17H2,1-2H3,(H,24,28). The highest BCUT2D eigenvalue weighted by molar-refractivity contribution is 5.76. The molecule has 5 heteroatoms. The number of nitrogens with zero attached hydrogens (tertiary/aromatic N) is 3. The van der Waals surface area contributed by atoms with E-state index in [0.717, 1.165) is 30.9 Å². The summed E-state index contributed by atoms with van der Waals surface area (Å²) in [5.41, 5.74) is 4.65. The van der Waals surface area contributed by atoms with Crippen LogP contribution >= 0.6 is 0 Å². The molecule has 3 heterocycles. The van der Waals surface area contributed by atoms with Gasteiger partial charge in [0.1, 0.15) is 5.65 Å². The van der Waals surface area contributed by atoms with E-state index in [9.17, 15) is 4.79 Å². The number of aromatic nitrogens is 2. The molecular formula is C23H28N4O. The normalized spacial score (nSPS) is 14.8. The molecule has 3 aromatic rings. The van der Waals surface area contributed by atoms with Crippen LogP contribution in [0.2, 0.25) is 0 Å². The molecule has 4 rings (SSSR count). The van der Waals surface area contributed by atoms with Crippen molar-refractivity contribution in [2.75, 3.05) is 13.1 Å². The van der Waals surface area contributed by atoms with Crippen LogP contribution in [0.15, 0.2) is 54.9 Å². The number of pyridine rings is 1. The number of fused-ring (bicyclic) bond motifs is 2. The van der Waals surface area contributed by atoms with Crippen molar-refractivity contribution in [2.45, 2.75) is 45.2 Å². The van der Waals surface area contributed by atoms with Gasteiger partial charge in [-0.2, -0.15) is 0 Å². The lowest BCUT2D eigenvalue weighted by atomic mass is 9.94. The van der Waals surface area contributed by atoms with Gasteiger partial charge in [-0.15, -0.1) is 0 Å². The molecule has 0 bridgehead atoms. The van der Waals surface area contributed by atoms with Crippen molar-refractivity contribution in [3.63, 3.8) is 0 Å². The van der Waals surface area contributed by atoms with E-state index >= 15 is 0 Å².